The third-order valence-corrected chi connectivity index (χ3v) is 6.53. The van der Waals surface area contributed by atoms with Crippen molar-refractivity contribution in [1.82, 2.24) is 14.9 Å². The van der Waals surface area contributed by atoms with E-state index in [0.717, 1.165) is 4.90 Å². The van der Waals surface area contributed by atoms with Gasteiger partial charge >= 0.3 is 6.03 Å². The molecule has 2 aromatic carbocycles. The molecule has 33 heavy (non-hydrogen) atoms. The van der Waals surface area contributed by atoms with Gasteiger partial charge in [0.05, 0.1) is 25.1 Å². The van der Waals surface area contributed by atoms with Crippen LogP contribution < -0.4 is 20.1 Å². The van der Waals surface area contributed by atoms with Crippen LogP contribution in [0.15, 0.2) is 53.4 Å². The summed E-state index contributed by atoms with van der Waals surface area (Å²) < 4.78 is 33.1. The van der Waals surface area contributed by atoms with Crippen LogP contribution in [0.3, 0.4) is 0 Å². The number of amides is 4. The molecule has 2 aromatic rings. The lowest BCUT2D eigenvalue weighted by Gasteiger charge is -2.22. The van der Waals surface area contributed by atoms with Gasteiger partial charge in [-0.1, -0.05) is 26.0 Å². The van der Waals surface area contributed by atoms with Crippen LogP contribution in [0.4, 0.5) is 10.5 Å². The molecular weight excluding hydrogens is 448 g/mol. The number of nitrogens with one attached hydrogen (secondary N) is 3. The fourth-order valence-electron chi connectivity index (χ4n) is 3.25. The topological polar surface area (TPSA) is 134 Å². The number of hydrogen-bond acceptors (Lipinski definition) is 6. The molecule has 1 fully saturated rings. The van der Waals surface area contributed by atoms with E-state index in [0.29, 0.717) is 17.0 Å². The van der Waals surface area contributed by atoms with Crippen molar-refractivity contribution in [3.8, 4) is 5.75 Å². The van der Waals surface area contributed by atoms with E-state index in [2.05, 4.69) is 15.4 Å². The Morgan fingerprint density at radius 1 is 1.15 bits per heavy atom. The predicted octanol–water partition coefficient (Wildman–Crippen LogP) is 1.69. The number of hydrogen-bond donors (Lipinski definition) is 3. The van der Waals surface area contributed by atoms with Gasteiger partial charge in [0.1, 0.15) is 11.8 Å². The van der Waals surface area contributed by atoms with Crippen LogP contribution >= 0.6 is 0 Å². The Labute approximate surface area is 192 Å². The van der Waals surface area contributed by atoms with Gasteiger partial charge in [-0.05, 0) is 47.9 Å². The molecule has 176 valence electrons. The van der Waals surface area contributed by atoms with Crippen molar-refractivity contribution < 1.29 is 27.5 Å². The van der Waals surface area contributed by atoms with E-state index in [1.165, 1.54) is 31.4 Å². The second-order valence-corrected chi connectivity index (χ2v) is 9.56. The third kappa shape index (κ3) is 5.88. The average molecular weight is 475 g/mol. The fraction of sp³-hybridized carbons (Fsp3) is 0.318. The number of ether oxygens (including phenoxy) is 1. The minimum atomic E-state index is -3.96. The second kappa shape index (κ2) is 10.0. The molecule has 0 spiro atoms. The van der Waals surface area contributed by atoms with Crippen molar-refractivity contribution in [3.05, 3.63) is 54.1 Å². The third-order valence-electron chi connectivity index (χ3n) is 5.07. The SMILES string of the molecule is COc1ccc(S(=O)(=O)N[C@H](C(=O)Nc2cccc(CN3C(=O)CNC3=O)c2)C(C)C)cc1. The Bertz CT molecular complexity index is 1130. The van der Waals surface area contributed by atoms with E-state index >= 15 is 0 Å². The minimum absolute atomic E-state index is 0.0114. The van der Waals surface area contributed by atoms with E-state index in [9.17, 15) is 22.8 Å². The van der Waals surface area contributed by atoms with Gasteiger partial charge in [-0.25, -0.2) is 13.2 Å². The summed E-state index contributed by atoms with van der Waals surface area (Å²) in [6, 6.07) is 11.0. The molecule has 0 unspecified atom stereocenters. The van der Waals surface area contributed by atoms with E-state index in [4.69, 9.17) is 4.74 Å². The monoisotopic (exact) mass is 474 g/mol. The highest BCUT2D eigenvalue weighted by molar-refractivity contribution is 7.89. The molecule has 0 aromatic heterocycles. The zero-order valence-electron chi connectivity index (χ0n) is 18.5. The summed E-state index contributed by atoms with van der Waals surface area (Å²) in [6.07, 6.45) is 0. The van der Waals surface area contributed by atoms with Gasteiger partial charge in [0, 0.05) is 5.69 Å². The normalized spacial score (nSPS) is 14.8. The van der Waals surface area contributed by atoms with Crippen LogP contribution in [-0.4, -0.2) is 50.9 Å². The largest absolute Gasteiger partial charge is 0.497 e. The molecule has 0 saturated carbocycles. The van der Waals surface area contributed by atoms with E-state index in [1.54, 1.807) is 38.1 Å². The zero-order valence-corrected chi connectivity index (χ0v) is 19.3. The molecule has 0 bridgehead atoms. The molecule has 1 heterocycles. The first-order chi connectivity index (χ1) is 15.6. The van der Waals surface area contributed by atoms with Crippen molar-refractivity contribution in [1.29, 1.82) is 0 Å². The number of nitrogens with zero attached hydrogens (tertiary/aromatic N) is 1. The molecule has 11 heteroatoms. The standard InChI is InChI=1S/C22H26N4O6S/c1-14(2)20(25-33(30,31)18-9-7-17(32-3)8-10-18)21(28)24-16-6-4-5-15(11-16)13-26-19(27)12-23-22(26)29/h4-11,14,20,25H,12-13H2,1-3H3,(H,23,29)(H,24,28)/t20-/m0/s1. The molecule has 1 aliphatic rings. The Morgan fingerprint density at radius 3 is 2.42 bits per heavy atom. The van der Waals surface area contributed by atoms with Crippen LogP contribution in [0.1, 0.15) is 19.4 Å². The van der Waals surface area contributed by atoms with E-state index < -0.39 is 28.0 Å². The molecule has 3 N–H and O–H groups in total. The van der Waals surface area contributed by atoms with Crippen molar-refractivity contribution in [2.45, 2.75) is 31.3 Å². The lowest BCUT2D eigenvalue weighted by molar-refractivity contribution is -0.125. The quantitative estimate of drug-likeness (QED) is 0.474. The summed E-state index contributed by atoms with van der Waals surface area (Å²) in [4.78, 5) is 37.6. The van der Waals surface area contributed by atoms with E-state index in [-0.39, 0.29) is 29.8 Å². The van der Waals surface area contributed by atoms with Gasteiger partial charge in [0.15, 0.2) is 0 Å². The highest BCUT2D eigenvalue weighted by Gasteiger charge is 2.30. The lowest BCUT2D eigenvalue weighted by Crippen LogP contribution is -2.47. The average Bonchev–Trinajstić information content (AvgIpc) is 3.09. The summed E-state index contributed by atoms with van der Waals surface area (Å²) >= 11 is 0. The summed E-state index contributed by atoms with van der Waals surface area (Å²) in [5.41, 5.74) is 1.05. The van der Waals surface area contributed by atoms with Gasteiger partial charge in [-0.3, -0.25) is 14.5 Å². The Hall–Kier alpha value is -3.44. The maximum Gasteiger partial charge on any atom is 0.324 e. The van der Waals surface area contributed by atoms with Crippen molar-refractivity contribution in [3.63, 3.8) is 0 Å². The number of carbonyl (C=O) groups is 3. The number of sulfonamides is 1. The number of rotatable bonds is 9. The molecule has 10 nitrogen and oxygen atoms in total. The Morgan fingerprint density at radius 2 is 1.85 bits per heavy atom. The van der Waals surface area contributed by atoms with Gasteiger partial charge < -0.3 is 15.4 Å². The molecule has 3 rings (SSSR count). The zero-order chi connectivity index (χ0) is 24.2. The maximum absolute atomic E-state index is 12.9. The summed E-state index contributed by atoms with van der Waals surface area (Å²) in [5.74, 6) is -0.691. The summed E-state index contributed by atoms with van der Waals surface area (Å²) in [6.45, 7) is 3.48. The maximum atomic E-state index is 12.9. The number of carbonyl (C=O) groups excluding carboxylic acids is 3. The molecule has 1 atom stereocenters. The number of urea groups is 1. The second-order valence-electron chi connectivity index (χ2n) is 7.85. The van der Waals surface area contributed by atoms with Gasteiger partial charge in [0.2, 0.25) is 21.8 Å². The highest BCUT2D eigenvalue weighted by atomic mass is 32.2. The molecule has 4 amide bonds. The van der Waals surface area contributed by atoms with Gasteiger partial charge in [-0.2, -0.15) is 4.72 Å². The highest BCUT2D eigenvalue weighted by Crippen LogP contribution is 2.19. The molecule has 0 aliphatic carbocycles. The van der Waals surface area contributed by atoms with Crippen LogP contribution in [-0.2, 0) is 26.2 Å². The smallest absolute Gasteiger partial charge is 0.324 e. The number of imide groups is 1. The van der Waals surface area contributed by atoms with Crippen LogP contribution in [0, 0.1) is 5.92 Å². The molecule has 0 radical (unpaired) electrons. The van der Waals surface area contributed by atoms with Crippen LogP contribution in [0.5, 0.6) is 5.75 Å². The first kappa shape index (κ1) is 24.2. The minimum Gasteiger partial charge on any atom is -0.497 e. The molecular formula is C22H26N4O6S. The van der Waals surface area contributed by atoms with E-state index in [1.807, 2.05) is 0 Å². The number of benzene rings is 2. The van der Waals surface area contributed by atoms with Crippen LogP contribution in [0.2, 0.25) is 0 Å². The predicted molar refractivity (Wildman–Crippen MR) is 121 cm³/mol. The summed E-state index contributed by atoms with van der Waals surface area (Å²) in [5, 5.41) is 5.16. The van der Waals surface area contributed by atoms with Gasteiger partial charge in [0.25, 0.3) is 0 Å². The van der Waals surface area contributed by atoms with Crippen molar-refractivity contribution in [2.75, 3.05) is 19.0 Å². The number of anilines is 1. The van der Waals surface area contributed by atoms with Crippen LogP contribution in [0.25, 0.3) is 0 Å². The Balaban J connectivity index is 1.72. The molecule has 1 aliphatic heterocycles. The van der Waals surface area contributed by atoms with Crippen molar-refractivity contribution >= 4 is 33.6 Å². The number of methoxy groups -OCH3 is 1. The fourth-order valence-corrected chi connectivity index (χ4v) is 4.59. The first-order valence-corrected chi connectivity index (χ1v) is 11.7. The summed E-state index contributed by atoms with van der Waals surface area (Å²) in [7, 11) is -2.48. The molecule has 1 saturated heterocycles. The lowest BCUT2D eigenvalue weighted by atomic mass is 10.0. The first-order valence-electron chi connectivity index (χ1n) is 10.2. The Kier molecular flexibility index (Phi) is 7.34. The van der Waals surface area contributed by atoms with Crippen molar-refractivity contribution in [2.24, 2.45) is 5.92 Å². The van der Waals surface area contributed by atoms with Gasteiger partial charge in [-0.15, -0.1) is 0 Å².